The minimum absolute atomic E-state index is 0.230. The van der Waals surface area contributed by atoms with Gasteiger partial charge in [-0.25, -0.2) is 17.9 Å². The fraction of sp³-hybridized carbons (Fsp3) is 0.182. The lowest BCUT2D eigenvalue weighted by Gasteiger charge is -2.11. The second-order valence-electron chi connectivity index (χ2n) is 3.63. The molecule has 1 aromatic rings. The summed E-state index contributed by atoms with van der Waals surface area (Å²) in [6, 6.07) is 2.56. The standard InChI is InChI=1S/C11H13NO5S/c1-3-7(2)12-18(16,17)8-4-5-10(13)9(6-8)11(14)15/h3-7,12-13H,1H2,2H3,(H,14,15). The minimum atomic E-state index is -3.84. The molecule has 0 saturated carbocycles. The second-order valence-corrected chi connectivity index (χ2v) is 5.34. The van der Waals surface area contributed by atoms with Gasteiger partial charge < -0.3 is 10.2 Å². The third-order valence-corrected chi connectivity index (χ3v) is 3.76. The smallest absolute Gasteiger partial charge is 0.339 e. The van der Waals surface area contributed by atoms with Crippen LogP contribution in [0.15, 0.2) is 35.7 Å². The molecule has 98 valence electrons. The molecule has 18 heavy (non-hydrogen) atoms. The summed E-state index contributed by atoms with van der Waals surface area (Å²) in [6.45, 7) is 5.02. The van der Waals surface area contributed by atoms with Crippen LogP contribution in [0.1, 0.15) is 17.3 Å². The molecule has 0 amide bonds. The van der Waals surface area contributed by atoms with Gasteiger partial charge in [0.25, 0.3) is 0 Å². The van der Waals surface area contributed by atoms with Gasteiger partial charge in [-0.15, -0.1) is 6.58 Å². The Hall–Kier alpha value is -1.86. The lowest BCUT2D eigenvalue weighted by Crippen LogP contribution is -2.31. The summed E-state index contributed by atoms with van der Waals surface area (Å²) < 4.78 is 26.0. The molecule has 0 aliphatic heterocycles. The molecule has 7 heteroatoms. The summed E-state index contributed by atoms with van der Waals surface area (Å²) >= 11 is 0. The zero-order chi connectivity index (χ0) is 13.9. The first kappa shape index (κ1) is 14.2. The number of sulfonamides is 1. The summed E-state index contributed by atoms with van der Waals surface area (Å²) in [7, 11) is -3.84. The zero-order valence-corrected chi connectivity index (χ0v) is 10.4. The first-order chi connectivity index (χ1) is 8.27. The Morgan fingerprint density at radius 2 is 2.11 bits per heavy atom. The van der Waals surface area contributed by atoms with E-state index in [4.69, 9.17) is 5.11 Å². The first-order valence-electron chi connectivity index (χ1n) is 4.99. The lowest BCUT2D eigenvalue weighted by molar-refractivity contribution is 0.0693. The van der Waals surface area contributed by atoms with Crippen molar-refractivity contribution in [3.8, 4) is 5.75 Å². The Morgan fingerprint density at radius 1 is 1.50 bits per heavy atom. The van der Waals surface area contributed by atoms with Crippen LogP contribution in [0.2, 0.25) is 0 Å². The summed E-state index contributed by atoms with van der Waals surface area (Å²) in [6.07, 6.45) is 1.40. The number of carbonyl (C=O) groups is 1. The maximum Gasteiger partial charge on any atom is 0.339 e. The summed E-state index contributed by atoms with van der Waals surface area (Å²) in [5.74, 6) is -1.89. The molecule has 6 nitrogen and oxygen atoms in total. The summed E-state index contributed by atoms with van der Waals surface area (Å²) in [4.78, 5) is 10.6. The van der Waals surface area contributed by atoms with Gasteiger partial charge in [0.05, 0.1) is 4.90 Å². The highest BCUT2D eigenvalue weighted by Crippen LogP contribution is 2.21. The number of nitrogens with one attached hydrogen (secondary N) is 1. The number of carboxylic acid groups (broad SMARTS) is 1. The third-order valence-electron chi connectivity index (χ3n) is 2.20. The molecule has 0 saturated heterocycles. The van der Waals surface area contributed by atoms with Gasteiger partial charge in [0.15, 0.2) is 0 Å². The molecule has 1 aromatic carbocycles. The van der Waals surface area contributed by atoms with Gasteiger partial charge in [-0.05, 0) is 25.1 Å². The number of hydrogen-bond donors (Lipinski definition) is 3. The highest BCUT2D eigenvalue weighted by molar-refractivity contribution is 7.89. The van der Waals surface area contributed by atoms with Crippen LogP contribution in [0.5, 0.6) is 5.75 Å². The number of hydrogen-bond acceptors (Lipinski definition) is 4. The second kappa shape index (κ2) is 5.19. The van der Waals surface area contributed by atoms with Gasteiger partial charge >= 0.3 is 5.97 Å². The Balaban J connectivity index is 3.22. The van der Waals surface area contributed by atoms with Crippen LogP contribution in [0.4, 0.5) is 0 Å². The van der Waals surface area contributed by atoms with Crippen molar-refractivity contribution in [3.05, 3.63) is 36.4 Å². The van der Waals surface area contributed by atoms with Crippen molar-refractivity contribution >= 4 is 16.0 Å². The van der Waals surface area contributed by atoms with E-state index in [2.05, 4.69) is 11.3 Å². The predicted molar refractivity (Wildman–Crippen MR) is 65.0 cm³/mol. The summed E-state index contributed by atoms with van der Waals surface area (Å²) in [5.41, 5.74) is -0.468. The van der Waals surface area contributed by atoms with Crippen LogP contribution in [0.25, 0.3) is 0 Å². The molecular formula is C11H13NO5S. The van der Waals surface area contributed by atoms with E-state index in [0.29, 0.717) is 0 Å². The average molecular weight is 271 g/mol. The topological polar surface area (TPSA) is 104 Å². The van der Waals surface area contributed by atoms with Crippen molar-refractivity contribution in [3.63, 3.8) is 0 Å². The van der Waals surface area contributed by atoms with Crippen LogP contribution >= 0.6 is 0 Å². The van der Waals surface area contributed by atoms with E-state index in [1.165, 1.54) is 6.08 Å². The molecule has 0 aliphatic carbocycles. The van der Waals surface area contributed by atoms with E-state index in [1.807, 2.05) is 0 Å². The van der Waals surface area contributed by atoms with E-state index >= 15 is 0 Å². The normalized spacial score (nSPS) is 12.9. The Labute approximate surface area is 105 Å². The van der Waals surface area contributed by atoms with E-state index in [9.17, 15) is 18.3 Å². The largest absolute Gasteiger partial charge is 0.507 e. The van der Waals surface area contributed by atoms with Crippen LogP contribution in [-0.2, 0) is 10.0 Å². The van der Waals surface area contributed by atoms with Crippen molar-refractivity contribution in [1.29, 1.82) is 0 Å². The SMILES string of the molecule is C=CC(C)NS(=O)(=O)c1ccc(O)c(C(=O)O)c1. The quantitative estimate of drug-likeness (QED) is 0.691. The van der Waals surface area contributed by atoms with Gasteiger partial charge in [0.2, 0.25) is 10.0 Å². The Morgan fingerprint density at radius 3 is 2.61 bits per heavy atom. The fourth-order valence-corrected chi connectivity index (χ4v) is 2.46. The van der Waals surface area contributed by atoms with E-state index in [0.717, 1.165) is 18.2 Å². The van der Waals surface area contributed by atoms with Crippen molar-refractivity contribution in [2.45, 2.75) is 17.9 Å². The van der Waals surface area contributed by atoms with Crippen molar-refractivity contribution in [2.24, 2.45) is 0 Å². The maximum absolute atomic E-state index is 11.9. The first-order valence-corrected chi connectivity index (χ1v) is 6.47. The molecule has 0 fully saturated rings. The number of benzene rings is 1. The van der Waals surface area contributed by atoms with Crippen molar-refractivity contribution in [2.75, 3.05) is 0 Å². The molecule has 3 N–H and O–H groups in total. The van der Waals surface area contributed by atoms with Gasteiger partial charge in [0.1, 0.15) is 11.3 Å². The monoisotopic (exact) mass is 271 g/mol. The number of carboxylic acids is 1. The predicted octanol–water partition coefficient (Wildman–Crippen LogP) is 0.943. The van der Waals surface area contributed by atoms with E-state index in [-0.39, 0.29) is 4.90 Å². The molecule has 0 aromatic heterocycles. The number of aromatic carboxylic acids is 1. The Kier molecular flexibility index (Phi) is 4.10. The number of phenols is 1. The molecule has 0 heterocycles. The molecule has 0 radical (unpaired) electrons. The van der Waals surface area contributed by atoms with Crippen LogP contribution in [-0.4, -0.2) is 30.6 Å². The highest BCUT2D eigenvalue weighted by atomic mass is 32.2. The summed E-state index contributed by atoms with van der Waals surface area (Å²) in [5, 5.41) is 18.1. The van der Waals surface area contributed by atoms with Crippen molar-refractivity contribution in [1.82, 2.24) is 4.72 Å². The highest BCUT2D eigenvalue weighted by Gasteiger charge is 2.19. The third kappa shape index (κ3) is 3.08. The van der Waals surface area contributed by atoms with Gasteiger partial charge in [-0.2, -0.15) is 0 Å². The fourth-order valence-electron chi connectivity index (χ4n) is 1.21. The molecule has 0 aliphatic rings. The maximum atomic E-state index is 11.9. The number of aromatic hydroxyl groups is 1. The van der Waals surface area contributed by atoms with Gasteiger partial charge in [0, 0.05) is 6.04 Å². The van der Waals surface area contributed by atoms with Crippen LogP contribution in [0, 0.1) is 0 Å². The van der Waals surface area contributed by atoms with Crippen LogP contribution in [0.3, 0.4) is 0 Å². The van der Waals surface area contributed by atoms with Gasteiger partial charge in [-0.3, -0.25) is 0 Å². The average Bonchev–Trinajstić information content (AvgIpc) is 2.28. The molecular weight excluding hydrogens is 258 g/mol. The molecule has 0 spiro atoms. The van der Waals surface area contributed by atoms with Crippen LogP contribution < -0.4 is 4.72 Å². The zero-order valence-electron chi connectivity index (χ0n) is 9.62. The molecule has 1 unspecified atom stereocenters. The molecule has 1 atom stereocenters. The molecule has 0 bridgehead atoms. The number of rotatable bonds is 5. The lowest BCUT2D eigenvalue weighted by atomic mass is 10.2. The minimum Gasteiger partial charge on any atom is -0.507 e. The van der Waals surface area contributed by atoms with E-state index < -0.39 is 33.3 Å². The van der Waals surface area contributed by atoms with Crippen molar-refractivity contribution < 1.29 is 23.4 Å². The molecule has 1 rings (SSSR count). The Bertz CT molecular complexity index is 579. The van der Waals surface area contributed by atoms with Gasteiger partial charge in [-0.1, -0.05) is 6.08 Å². The van der Waals surface area contributed by atoms with E-state index in [1.54, 1.807) is 6.92 Å².